The summed E-state index contributed by atoms with van der Waals surface area (Å²) in [7, 11) is -0.796. The molecular formula is C19H23FN2O2S. The molecule has 1 fully saturated rings. The van der Waals surface area contributed by atoms with Crippen LogP contribution in [0, 0.1) is 0 Å². The Kier molecular flexibility index (Phi) is 4.95. The molecule has 3 rings (SSSR count). The Morgan fingerprint density at radius 2 is 1.64 bits per heavy atom. The zero-order valence-electron chi connectivity index (χ0n) is 14.4. The van der Waals surface area contributed by atoms with Gasteiger partial charge < -0.3 is 0 Å². The SMILES string of the molecule is CN(C)S(=O)(=O)NC1CCCC1(F)c1ccc(-c2ccccc2)cc1. The van der Waals surface area contributed by atoms with Gasteiger partial charge in [0, 0.05) is 14.1 Å². The standard InChI is InChI=1S/C19H23FN2O2S/c1-22(2)25(23,24)21-18-9-6-14-19(18,20)17-12-10-16(11-13-17)15-7-4-3-5-8-15/h3-5,7-8,10-13,18,21H,6,9,14H2,1-2H3. The molecule has 4 nitrogen and oxygen atoms in total. The van der Waals surface area contributed by atoms with Gasteiger partial charge in [-0.15, -0.1) is 0 Å². The van der Waals surface area contributed by atoms with Crippen LogP contribution >= 0.6 is 0 Å². The van der Waals surface area contributed by atoms with Crippen LogP contribution in [0.5, 0.6) is 0 Å². The van der Waals surface area contributed by atoms with Gasteiger partial charge in [0.1, 0.15) is 0 Å². The van der Waals surface area contributed by atoms with Gasteiger partial charge in [-0.25, -0.2) is 4.39 Å². The van der Waals surface area contributed by atoms with Crippen LogP contribution in [0.25, 0.3) is 11.1 Å². The lowest BCUT2D eigenvalue weighted by Crippen LogP contribution is -2.48. The summed E-state index contributed by atoms with van der Waals surface area (Å²) in [6.45, 7) is 0. The summed E-state index contributed by atoms with van der Waals surface area (Å²) in [5.74, 6) is 0. The highest BCUT2D eigenvalue weighted by Gasteiger charge is 2.46. The lowest BCUT2D eigenvalue weighted by Gasteiger charge is -2.29. The maximum absolute atomic E-state index is 15.7. The third kappa shape index (κ3) is 3.61. The lowest BCUT2D eigenvalue weighted by atomic mass is 9.90. The van der Waals surface area contributed by atoms with Crippen LogP contribution in [0.4, 0.5) is 4.39 Å². The van der Waals surface area contributed by atoms with E-state index in [-0.39, 0.29) is 0 Å². The van der Waals surface area contributed by atoms with Gasteiger partial charge in [0.25, 0.3) is 10.2 Å². The zero-order chi connectivity index (χ0) is 18.1. The summed E-state index contributed by atoms with van der Waals surface area (Å²) in [5, 5.41) is 0. The Morgan fingerprint density at radius 1 is 1.04 bits per heavy atom. The second-order valence-electron chi connectivity index (χ2n) is 6.66. The van der Waals surface area contributed by atoms with E-state index in [1.54, 1.807) is 12.1 Å². The highest BCUT2D eigenvalue weighted by Crippen LogP contribution is 2.43. The molecule has 0 radical (unpaired) electrons. The van der Waals surface area contributed by atoms with Gasteiger partial charge in [-0.05, 0) is 36.0 Å². The molecule has 1 aliphatic carbocycles. The maximum atomic E-state index is 15.7. The van der Waals surface area contributed by atoms with Crippen molar-refractivity contribution in [3.8, 4) is 11.1 Å². The fraction of sp³-hybridized carbons (Fsp3) is 0.368. The fourth-order valence-electron chi connectivity index (χ4n) is 3.32. The topological polar surface area (TPSA) is 49.4 Å². The minimum atomic E-state index is -3.67. The smallest absolute Gasteiger partial charge is 0.237 e. The van der Waals surface area contributed by atoms with Gasteiger partial charge in [-0.3, -0.25) is 0 Å². The van der Waals surface area contributed by atoms with Gasteiger partial charge >= 0.3 is 0 Å². The van der Waals surface area contributed by atoms with Crippen LogP contribution in [0.2, 0.25) is 0 Å². The molecule has 1 N–H and O–H groups in total. The molecule has 0 aliphatic heterocycles. The van der Waals surface area contributed by atoms with Crippen LogP contribution in [0.3, 0.4) is 0 Å². The second kappa shape index (κ2) is 6.86. The number of halogens is 1. The van der Waals surface area contributed by atoms with Crippen molar-refractivity contribution in [2.45, 2.75) is 31.0 Å². The number of benzene rings is 2. The van der Waals surface area contributed by atoms with Crippen molar-refractivity contribution in [2.24, 2.45) is 0 Å². The molecule has 25 heavy (non-hydrogen) atoms. The lowest BCUT2D eigenvalue weighted by molar-refractivity contribution is 0.141. The van der Waals surface area contributed by atoms with Gasteiger partial charge in [-0.2, -0.15) is 17.4 Å². The first-order valence-corrected chi connectivity index (χ1v) is 9.81. The normalized spacial score (nSPS) is 23.9. The average Bonchev–Trinajstić information content (AvgIpc) is 2.97. The van der Waals surface area contributed by atoms with Crippen molar-refractivity contribution in [2.75, 3.05) is 14.1 Å². The molecule has 2 aromatic carbocycles. The van der Waals surface area contributed by atoms with Crippen LogP contribution in [0.1, 0.15) is 24.8 Å². The molecule has 0 amide bonds. The predicted molar refractivity (Wildman–Crippen MR) is 98.0 cm³/mol. The Balaban J connectivity index is 1.86. The maximum Gasteiger partial charge on any atom is 0.279 e. The fourth-order valence-corrected chi connectivity index (χ4v) is 4.19. The summed E-state index contributed by atoms with van der Waals surface area (Å²) < 4.78 is 43.5. The molecule has 1 saturated carbocycles. The van der Waals surface area contributed by atoms with E-state index in [9.17, 15) is 8.42 Å². The molecule has 0 saturated heterocycles. The molecular weight excluding hydrogens is 339 g/mol. The highest BCUT2D eigenvalue weighted by atomic mass is 32.2. The largest absolute Gasteiger partial charge is 0.279 e. The molecule has 0 bridgehead atoms. The number of nitrogens with one attached hydrogen (secondary N) is 1. The Hall–Kier alpha value is -1.76. The van der Waals surface area contributed by atoms with Crippen molar-refractivity contribution in [1.82, 2.24) is 9.03 Å². The molecule has 6 heteroatoms. The minimum Gasteiger partial charge on any atom is -0.237 e. The third-order valence-electron chi connectivity index (χ3n) is 4.83. The van der Waals surface area contributed by atoms with Crippen molar-refractivity contribution >= 4 is 10.2 Å². The van der Waals surface area contributed by atoms with Gasteiger partial charge in [0.15, 0.2) is 5.67 Å². The van der Waals surface area contributed by atoms with E-state index in [0.717, 1.165) is 15.4 Å². The quantitative estimate of drug-likeness (QED) is 0.885. The number of rotatable bonds is 5. The summed E-state index contributed by atoms with van der Waals surface area (Å²) >= 11 is 0. The Morgan fingerprint density at radius 3 is 2.24 bits per heavy atom. The van der Waals surface area contributed by atoms with Crippen LogP contribution in [0.15, 0.2) is 54.6 Å². The summed E-state index contributed by atoms with van der Waals surface area (Å²) in [6.07, 6.45) is 1.46. The number of nitrogens with zero attached hydrogens (tertiary/aromatic N) is 1. The van der Waals surface area contributed by atoms with E-state index in [0.29, 0.717) is 24.8 Å². The highest BCUT2D eigenvalue weighted by molar-refractivity contribution is 7.87. The van der Waals surface area contributed by atoms with Crippen LogP contribution in [-0.2, 0) is 15.9 Å². The third-order valence-corrected chi connectivity index (χ3v) is 6.37. The number of hydrogen-bond donors (Lipinski definition) is 1. The number of alkyl halides is 1. The van der Waals surface area contributed by atoms with Gasteiger partial charge in [0.05, 0.1) is 6.04 Å². The van der Waals surface area contributed by atoms with Crippen molar-refractivity contribution in [3.05, 3.63) is 60.2 Å². The molecule has 2 aromatic rings. The summed E-state index contributed by atoms with van der Waals surface area (Å²) in [4.78, 5) is 0. The van der Waals surface area contributed by atoms with Crippen molar-refractivity contribution < 1.29 is 12.8 Å². The zero-order valence-corrected chi connectivity index (χ0v) is 15.3. The van der Waals surface area contributed by atoms with E-state index in [1.165, 1.54) is 14.1 Å². The minimum absolute atomic E-state index is 0.318. The second-order valence-corrected chi connectivity index (χ2v) is 8.57. The van der Waals surface area contributed by atoms with E-state index in [2.05, 4.69) is 4.72 Å². The first-order chi connectivity index (χ1) is 11.8. The monoisotopic (exact) mass is 362 g/mol. The number of hydrogen-bond acceptors (Lipinski definition) is 2. The van der Waals surface area contributed by atoms with E-state index in [4.69, 9.17) is 0 Å². The first-order valence-electron chi connectivity index (χ1n) is 8.37. The van der Waals surface area contributed by atoms with Crippen LogP contribution in [-0.4, -0.2) is 32.9 Å². The van der Waals surface area contributed by atoms with Crippen molar-refractivity contribution in [1.29, 1.82) is 0 Å². The molecule has 2 atom stereocenters. The van der Waals surface area contributed by atoms with Crippen molar-refractivity contribution in [3.63, 3.8) is 0 Å². The Bertz CT molecular complexity index is 822. The first kappa shape index (κ1) is 18.0. The van der Waals surface area contributed by atoms with Gasteiger partial charge in [-0.1, -0.05) is 54.6 Å². The molecule has 134 valence electrons. The molecule has 0 aromatic heterocycles. The summed E-state index contributed by atoms with van der Waals surface area (Å²) in [6, 6.07) is 16.5. The molecule has 0 heterocycles. The van der Waals surface area contributed by atoms with E-state index >= 15 is 4.39 Å². The molecule has 2 unspecified atom stereocenters. The van der Waals surface area contributed by atoms with E-state index < -0.39 is 21.9 Å². The van der Waals surface area contributed by atoms with E-state index in [1.807, 2.05) is 42.5 Å². The average molecular weight is 362 g/mol. The molecule has 1 aliphatic rings. The Labute approximate surface area is 148 Å². The summed E-state index contributed by atoms with van der Waals surface area (Å²) in [5.41, 5.74) is 0.920. The van der Waals surface area contributed by atoms with Crippen LogP contribution < -0.4 is 4.72 Å². The predicted octanol–water partition coefficient (Wildman–Crippen LogP) is 3.47. The molecule has 0 spiro atoms. The van der Waals surface area contributed by atoms with Gasteiger partial charge in [0.2, 0.25) is 0 Å².